The first kappa shape index (κ1) is 38.7. The van der Waals surface area contributed by atoms with Gasteiger partial charge < -0.3 is 9.80 Å². The Morgan fingerprint density at radius 3 is 1.25 bits per heavy atom. The molecule has 2 heteroatoms. The average molecular weight is 853 g/mol. The van der Waals surface area contributed by atoms with Crippen LogP contribution in [0.5, 0.6) is 0 Å². The Morgan fingerprint density at radius 2 is 0.642 bits per heavy atom. The van der Waals surface area contributed by atoms with Crippen molar-refractivity contribution in [3.05, 3.63) is 289 Å². The molecule has 2 aliphatic rings. The molecule has 0 heterocycles. The molecule has 0 atom stereocenters. The summed E-state index contributed by atoms with van der Waals surface area (Å²) in [5, 5.41) is 2.40. The number of nitrogens with zero attached hydrogens (tertiary/aromatic N) is 2. The first-order valence-corrected chi connectivity index (χ1v) is 23.2. The fourth-order valence-corrected chi connectivity index (χ4v) is 11.1. The molecule has 314 valence electrons. The molecule has 0 bridgehead atoms. The van der Waals surface area contributed by atoms with Crippen LogP contribution < -0.4 is 9.80 Å². The van der Waals surface area contributed by atoms with Gasteiger partial charge in [0.2, 0.25) is 0 Å². The zero-order valence-electron chi connectivity index (χ0n) is 36.8. The van der Waals surface area contributed by atoms with E-state index in [1.54, 1.807) is 0 Å². The molecule has 0 saturated carbocycles. The maximum Gasteiger partial charge on any atom is 0.0726 e. The number of hydrogen-bond donors (Lipinski definition) is 0. The second kappa shape index (κ2) is 15.8. The van der Waals surface area contributed by atoms with Crippen LogP contribution in [-0.2, 0) is 5.41 Å². The van der Waals surface area contributed by atoms with Crippen molar-refractivity contribution in [2.45, 2.75) is 5.41 Å². The van der Waals surface area contributed by atoms with Crippen molar-refractivity contribution in [1.82, 2.24) is 0 Å². The van der Waals surface area contributed by atoms with E-state index in [9.17, 15) is 0 Å². The summed E-state index contributed by atoms with van der Waals surface area (Å²) in [6.07, 6.45) is 0. The molecule has 0 radical (unpaired) electrons. The Kier molecular flexibility index (Phi) is 9.11. The number of hydrogen-bond acceptors (Lipinski definition) is 2. The van der Waals surface area contributed by atoms with Gasteiger partial charge in [-0.2, -0.15) is 0 Å². The lowest BCUT2D eigenvalue weighted by Crippen LogP contribution is -2.26. The largest absolute Gasteiger partial charge is 0.310 e. The third-order valence-corrected chi connectivity index (χ3v) is 14.0. The number of benzene rings is 11. The zero-order chi connectivity index (χ0) is 44.3. The first-order chi connectivity index (χ1) is 33.2. The van der Waals surface area contributed by atoms with Gasteiger partial charge in [0.05, 0.1) is 11.1 Å². The molecule has 13 rings (SSSR count). The summed E-state index contributed by atoms with van der Waals surface area (Å²) in [5.74, 6) is 0. The lowest BCUT2D eigenvalue weighted by Gasteiger charge is -2.33. The Morgan fingerprint density at radius 1 is 0.224 bits per heavy atom. The normalized spacial score (nSPS) is 12.6. The highest BCUT2D eigenvalue weighted by atomic mass is 15.2. The van der Waals surface area contributed by atoms with Gasteiger partial charge in [0.25, 0.3) is 0 Å². The van der Waals surface area contributed by atoms with Crippen LogP contribution in [0, 0.1) is 0 Å². The maximum absolute atomic E-state index is 2.48. The third-order valence-electron chi connectivity index (χ3n) is 14.0. The van der Waals surface area contributed by atoms with Crippen molar-refractivity contribution in [3.63, 3.8) is 0 Å². The molecule has 0 saturated heterocycles. The van der Waals surface area contributed by atoms with Crippen LogP contribution in [0.15, 0.2) is 267 Å². The Hall–Kier alpha value is -8.72. The fraction of sp³-hybridized carbons (Fsp3) is 0.0154. The fourth-order valence-electron chi connectivity index (χ4n) is 11.1. The van der Waals surface area contributed by atoms with Gasteiger partial charge in [0.1, 0.15) is 0 Å². The van der Waals surface area contributed by atoms with E-state index >= 15 is 0 Å². The van der Waals surface area contributed by atoms with Crippen LogP contribution in [0.25, 0.3) is 55.3 Å². The van der Waals surface area contributed by atoms with Crippen molar-refractivity contribution in [1.29, 1.82) is 0 Å². The molecule has 11 aromatic rings. The molecular weight excluding hydrogens is 809 g/mol. The van der Waals surface area contributed by atoms with Crippen LogP contribution in [0.4, 0.5) is 34.1 Å². The van der Waals surface area contributed by atoms with Gasteiger partial charge in [0, 0.05) is 34.0 Å². The summed E-state index contributed by atoms with van der Waals surface area (Å²) >= 11 is 0. The smallest absolute Gasteiger partial charge is 0.0726 e. The average Bonchev–Trinajstić information content (AvgIpc) is 3.87. The first-order valence-electron chi connectivity index (χ1n) is 23.2. The van der Waals surface area contributed by atoms with Crippen LogP contribution in [-0.4, -0.2) is 0 Å². The van der Waals surface area contributed by atoms with Crippen molar-refractivity contribution >= 4 is 44.9 Å². The lowest BCUT2D eigenvalue weighted by molar-refractivity contribution is 0.793. The van der Waals surface area contributed by atoms with Gasteiger partial charge in [-0.1, -0.05) is 200 Å². The van der Waals surface area contributed by atoms with Gasteiger partial charge in [-0.05, 0) is 139 Å². The van der Waals surface area contributed by atoms with E-state index in [-0.39, 0.29) is 0 Å². The molecule has 1 spiro atoms. The molecular formula is C65H44N2. The SMILES string of the molecule is c1ccc(-c2ccc(N(c3cccc(N(c4ccccc4)c4cc5ccccc5cc4-c4ccccc4)c3)c3ccc4c(c3)C3(c5ccccc5-c5ccccc53)c3ccccc3-4)cc2)cc1. The molecule has 67 heavy (non-hydrogen) atoms. The number of rotatable bonds is 8. The van der Waals surface area contributed by atoms with Crippen LogP contribution in [0.3, 0.4) is 0 Å². The highest BCUT2D eigenvalue weighted by Gasteiger charge is 2.51. The minimum Gasteiger partial charge on any atom is -0.310 e. The quantitative estimate of drug-likeness (QED) is 0.150. The molecule has 0 aliphatic heterocycles. The summed E-state index contributed by atoms with van der Waals surface area (Å²) in [6, 6.07) is 98.1. The molecule has 0 unspecified atom stereocenters. The number of fused-ring (bicyclic) bond motifs is 11. The van der Waals surface area contributed by atoms with E-state index in [1.165, 1.54) is 77.5 Å². The van der Waals surface area contributed by atoms with Crippen molar-refractivity contribution in [3.8, 4) is 44.5 Å². The summed E-state index contributed by atoms with van der Waals surface area (Å²) in [4.78, 5) is 4.87. The second-order valence-electron chi connectivity index (χ2n) is 17.6. The van der Waals surface area contributed by atoms with Crippen LogP contribution in [0.1, 0.15) is 22.3 Å². The van der Waals surface area contributed by atoms with Gasteiger partial charge in [-0.15, -0.1) is 0 Å². The topological polar surface area (TPSA) is 6.48 Å². The summed E-state index contributed by atoms with van der Waals surface area (Å²) in [5.41, 5.74) is 21.2. The van der Waals surface area contributed by atoms with E-state index in [1.807, 2.05) is 0 Å². The molecule has 11 aromatic carbocycles. The Labute approximate surface area is 391 Å². The lowest BCUT2D eigenvalue weighted by atomic mass is 9.70. The molecule has 2 nitrogen and oxygen atoms in total. The van der Waals surface area contributed by atoms with Gasteiger partial charge in [-0.3, -0.25) is 0 Å². The third kappa shape index (κ3) is 6.18. The standard InChI is InChI=1S/C65H44N2/c1-4-19-45(20-5-1)46-35-37-51(38-36-46)66(54-39-40-58-57-31-14-17-34-62(57)65(63(58)44-54)60-32-15-12-29-55(60)56-30-13-16-33-61(56)65)52-27-18-28-53(43-52)67(50-25-8-3-9-26-50)64-42-49-24-11-10-23-48(49)41-59(64)47-21-6-2-7-22-47/h1-44H. The van der Waals surface area contributed by atoms with Crippen LogP contribution >= 0.6 is 0 Å². The molecule has 0 N–H and O–H groups in total. The number of anilines is 6. The predicted octanol–water partition coefficient (Wildman–Crippen LogP) is 17.5. The maximum atomic E-state index is 2.48. The van der Waals surface area contributed by atoms with Crippen molar-refractivity contribution in [2.75, 3.05) is 9.80 Å². The Bertz CT molecular complexity index is 3570. The van der Waals surface area contributed by atoms with E-state index in [0.717, 1.165) is 34.1 Å². The summed E-state index contributed by atoms with van der Waals surface area (Å²) in [6.45, 7) is 0. The minimum atomic E-state index is -0.464. The highest BCUT2D eigenvalue weighted by molar-refractivity contribution is 6.00. The Balaban J connectivity index is 1.04. The molecule has 2 aliphatic carbocycles. The van der Waals surface area contributed by atoms with E-state index in [2.05, 4.69) is 277 Å². The predicted molar refractivity (Wildman–Crippen MR) is 280 cm³/mol. The van der Waals surface area contributed by atoms with E-state index < -0.39 is 5.41 Å². The van der Waals surface area contributed by atoms with Gasteiger partial charge >= 0.3 is 0 Å². The van der Waals surface area contributed by atoms with Crippen molar-refractivity contribution in [2.24, 2.45) is 0 Å². The second-order valence-corrected chi connectivity index (χ2v) is 17.6. The van der Waals surface area contributed by atoms with Crippen LogP contribution in [0.2, 0.25) is 0 Å². The monoisotopic (exact) mass is 852 g/mol. The minimum absolute atomic E-state index is 0.464. The highest BCUT2D eigenvalue weighted by Crippen LogP contribution is 2.63. The summed E-state index contributed by atoms with van der Waals surface area (Å²) < 4.78 is 0. The molecule has 0 fully saturated rings. The molecule has 0 amide bonds. The number of para-hydroxylation sites is 1. The van der Waals surface area contributed by atoms with Gasteiger partial charge in [0.15, 0.2) is 0 Å². The van der Waals surface area contributed by atoms with Crippen molar-refractivity contribution < 1.29 is 0 Å². The van der Waals surface area contributed by atoms with Gasteiger partial charge in [-0.25, -0.2) is 0 Å². The van der Waals surface area contributed by atoms with E-state index in [0.29, 0.717) is 0 Å². The van der Waals surface area contributed by atoms with E-state index in [4.69, 9.17) is 0 Å². The zero-order valence-corrected chi connectivity index (χ0v) is 36.8. The molecule has 0 aromatic heterocycles. The summed E-state index contributed by atoms with van der Waals surface area (Å²) in [7, 11) is 0.